The fraction of sp³-hybridized carbons (Fsp3) is 0.214. The van der Waals surface area contributed by atoms with Gasteiger partial charge in [-0.25, -0.2) is 9.78 Å². The first-order chi connectivity index (χ1) is 11.3. The van der Waals surface area contributed by atoms with E-state index in [1.165, 1.54) is 17.0 Å². The van der Waals surface area contributed by atoms with Crippen LogP contribution in [0.2, 0.25) is 0 Å². The number of carbonyl (C=O) groups excluding carboxylic acids is 2. The lowest BCUT2D eigenvalue weighted by molar-refractivity contribution is -0.140. The monoisotopic (exact) mass is 357 g/mol. The highest BCUT2D eigenvalue weighted by molar-refractivity contribution is 7.14. The molecule has 1 aromatic carbocycles. The molecule has 1 aromatic heterocycles. The molecule has 3 rings (SSSR count). The quantitative estimate of drug-likeness (QED) is 0.914. The number of thiazole rings is 1. The maximum absolute atomic E-state index is 12.5. The van der Waals surface area contributed by atoms with Crippen LogP contribution in [0.5, 0.6) is 0 Å². The van der Waals surface area contributed by atoms with E-state index in [4.69, 9.17) is 4.74 Å². The Balaban J connectivity index is 1.76. The Morgan fingerprint density at radius 2 is 2.17 bits per heavy atom. The normalized spacial score (nSPS) is 14.6. The zero-order chi connectivity index (χ0) is 17.3. The number of hydrogen-bond acceptors (Lipinski definition) is 5. The lowest BCUT2D eigenvalue weighted by atomic mass is 10.2. The minimum absolute atomic E-state index is 0.154. The largest absolute Gasteiger partial charge is 0.447 e. The number of anilines is 2. The van der Waals surface area contributed by atoms with Gasteiger partial charge in [-0.3, -0.25) is 15.0 Å². The number of alkyl halides is 3. The third-order valence-corrected chi connectivity index (χ3v) is 3.95. The van der Waals surface area contributed by atoms with Gasteiger partial charge in [0.1, 0.15) is 6.61 Å². The number of cyclic esters (lactones) is 1. The summed E-state index contributed by atoms with van der Waals surface area (Å²) in [4.78, 5) is 28.4. The van der Waals surface area contributed by atoms with Crippen molar-refractivity contribution in [3.8, 4) is 0 Å². The topological polar surface area (TPSA) is 71.5 Å². The molecule has 0 bridgehead atoms. The van der Waals surface area contributed by atoms with Crippen LogP contribution in [-0.4, -0.2) is 30.1 Å². The number of nitrogens with one attached hydrogen (secondary N) is 1. The predicted octanol–water partition coefficient (Wildman–Crippen LogP) is 3.37. The highest BCUT2D eigenvalue weighted by Gasteiger charge is 2.34. The van der Waals surface area contributed by atoms with Crippen LogP contribution in [0.3, 0.4) is 0 Å². The second-order valence-electron chi connectivity index (χ2n) is 4.81. The first-order valence-electron chi connectivity index (χ1n) is 6.73. The summed E-state index contributed by atoms with van der Waals surface area (Å²) in [5.41, 5.74) is -0.396. The Bertz CT molecular complexity index is 791. The number of carbonyl (C=O) groups is 2. The molecule has 0 aliphatic carbocycles. The maximum Gasteiger partial charge on any atom is 0.434 e. The summed E-state index contributed by atoms with van der Waals surface area (Å²) in [5, 5.41) is 2.98. The molecule has 1 aliphatic heterocycles. The second-order valence-corrected chi connectivity index (χ2v) is 5.66. The van der Waals surface area contributed by atoms with Crippen LogP contribution < -0.4 is 10.2 Å². The minimum Gasteiger partial charge on any atom is -0.447 e. The molecule has 0 saturated carbocycles. The first kappa shape index (κ1) is 16.2. The van der Waals surface area contributed by atoms with Crippen LogP contribution >= 0.6 is 11.3 Å². The fourth-order valence-electron chi connectivity index (χ4n) is 2.07. The van der Waals surface area contributed by atoms with Crippen molar-refractivity contribution in [3.05, 3.63) is 40.9 Å². The molecule has 1 saturated heterocycles. The Morgan fingerprint density at radius 1 is 1.38 bits per heavy atom. The first-order valence-corrected chi connectivity index (χ1v) is 7.61. The minimum atomic E-state index is -4.56. The van der Waals surface area contributed by atoms with Crippen LogP contribution in [0, 0.1) is 0 Å². The molecule has 10 heteroatoms. The number of ether oxygens (including phenoxy) is 1. The van der Waals surface area contributed by atoms with E-state index in [9.17, 15) is 22.8 Å². The third kappa shape index (κ3) is 3.32. The van der Waals surface area contributed by atoms with Gasteiger partial charge in [-0.1, -0.05) is 6.07 Å². The van der Waals surface area contributed by atoms with Crippen LogP contribution in [-0.2, 0) is 10.9 Å². The number of aromatic nitrogens is 1. The number of rotatable bonds is 3. The van der Waals surface area contributed by atoms with Gasteiger partial charge in [-0.15, -0.1) is 11.3 Å². The molecule has 0 spiro atoms. The summed E-state index contributed by atoms with van der Waals surface area (Å²) >= 11 is 0.682. The highest BCUT2D eigenvalue weighted by Crippen LogP contribution is 2.31. The Labute approximate surface area is 137 Å². The molecule has 126 valence electrons. The van der Waals surface area contributed by atoms with Crippen molar-refractivity contribution >= 4 is 34.2 Å². The van der Waals surface area contributed by atoms with Crippen molar-refractivity contribution in [1.29, 1.82) is 0 Å². The average molecular weight is 357 g/mol. The van der Waals surface area contributed by atoms with Crippen molar-refractivity contribution in [3.63, 3.8) is 0 Å². The van der Waals surface area contributed by atoms with E-state index in [1.54, 1.807) is 12.1 Å². The van der Waals surface area contributed by atoms with Crippen LogP contribution in [0.25, 0.3) is 0 Å². The van der Waals surface area contributed by atoms with Gasteiger partial charge >= 0.3 is 12.3 Å². The van der Waals surface area contributed by atoms with E-state index < -0.39 is 23.9 Å². The molecule has 0 radical (unpaired) electrons. The summed E-state index contributed by atoms with van der Waals surface area (Å²) < 4.78 is 42.3. The van der Waals surface area contributed by atoms with Gasteiger partial charge in [0.25, 0.3) is 5.91 Å². The molecule has 24 heavy (non-hydrogen) atoms. The summed E-state index contributed by atoms with van der Waals surface area (Å²) in [6.45, 7) is 0.625. The Hall–Kier alpha value is -2.62. The van der Waals surface area contributed by atoms with Crippen molar-refractivity contribution in [2.24, 2.45) is 0 Å². The van der Waals surface area contributed by atoms with Gasteiger partial charge in [-0.05, 0) is 18.2 Å². The third-order valence-electron chi connectivity index (χ3n) is 3.20. The lowest BCUT2D eigenvalue weighted by Gasteiger charge is -2.13. The summed E-state index contributed by atoms with van der Waals surface area (Å²) in [7, 11) is 0. The van der Waals surface area contributed by atoms with Crippen molar-refractivity contribution in [2.45, 2.75) is 6.18 Å². The van der Waals surface area contributed by atoms with Crippen molar-refractivity contribution in [1.82, 2.24) is 4.98 Å². The standard InChI is InChI=1S/C14H10F3N3O3S/c15-14(16,17)10-7-24-12(18-10)19-11(21)8-2-1-3-9(6-8)20-4-5-23-13(20)22/h1-3,6-7H,4-5H2,(H,18,19,21). The van der Waals surface area contributed by atoms with E-state index in [1.807, 2.05) is 0 Å². The van der Waals surface area contributed by atoms with E-state index in [0.29, 0.717) is 23.6 Å². The zero-order valence-corrected chi connectivity index (χ0v) is 12.8. The molecule has 2 aromatic rings. The molecule has 6 nitrogen and oxygen atoms in total. The summed E-state index contributed by atoms with van der Waals surface area (Å²) in [6.07, 6.45) is -5.07. The van der Waals surface area contributed by atoms with Gasteiger partial charge in [0.2, 0.25) is 0 Å². The number of halogens is 3. The molecular formula is C14H10F3N3O3S. The van der Waals surface area contributed by atoms with E-state index in [2.05, 4.69) is 10.3 Å². The molecule has 2 heterocycles. The van der Waals surface area contributed by atoms with Crippen molar-refractivity contribution < 1.29 is 27.5 Å². The predicted molar refractivity (Wildman–Crippen MR) is 80.2 cm³/mol. The van der Waals surface area contributed by atoms with Crippen LogP contribution in [0.15, 0.2) is 29.6 Å². The molecule has 1 aliphatic rings. The number of amides is 2. The molecule has 1 N–H and O–H groups in total. The summed E-state index contributed by atoms with van der Waals surface area (Å²) in [6, 6.07) is 6.14. The van der Waals surface area contributed by atoms with E-state index in [0.717, 1.165) is 5.38 Å². The number of hydrogen-bond donors (Lipinski definition) is 1. The SMILES string of the molecule is O=C(Nc1nc(C(F)(F)F)cs1)c1cccc(N2CCOC2=O)c1. The van der Waals surface area contributed by atoms with E-state index >= 15 is 0 Å². The fourth-order valence-corrected chi connectivity index (χ4v) is 2.79. The van der Waals surface area contributed by atoms with Gasteiger partial charge < -0.3 is 4.74 Å². The van der Waals surface area contributed by atoms with Gasteiger partial charge in [0, 0.05) is 16.6 Å². The molecule has 0 atom stereocenters. The Morgan fingerprint density at radius 3 is 2.79 bits per heavy atom. The van der Waals surface area contributed by atoms with E-state index in [-0.39, 0.29) is 17.3 Å². The lowest BCUT2D eigenvalue weighted by Crippen LogP contribution is -2.23. The maximum atomic E-state index is 12.5. The molecule has 0 unspecified atom stereocenters. The van der Waals surface area contributed by atoms with Gasteiger partial charge in [-0.2, -0.15) is 13.2 Å². The average Bonchev–Trinajstić information content (AvgIpc) is 3.16. The van der Waals surface area contributed by atoms with Crippen LogP contribution in [0.4, 0.5) is 28.8 Å². The summed E-state index contributed by atoms with van der Waals surface area (Å²) in [5.74, 6) is -0.618. The number of benzene rings is 1. The second kappa shape index (κ2) is 6.11. The zero-order valence-electron chi connectivity index (χ0n) is 12.0. The highest BCUT2D eigenvalue weighted by atomic mass is 32.1. The molecular weight excluding hydrogens is 347 g/mol. The molecule has 2 amide bonds. The smallest absolute Gasteiger partial charge is 0.434 e. The van der Waals surface area contributed by atoms with Crippen molar-refractivity contribution in [2.75, 3.05) is 23.4 Å². The Kier molecular flexibility index (Phi) is 4.14. The van der Waals surface area contributed by atoms with Gasteiger partial charge in [0.15, 0.2) is 10.8 Å². The molecule has 1 fully saturated rings. The van der Waals surface area contributed by atoms with Crippen LogP contribution in [0.1, 0.15) is 16.1 Å². The van der Waals surface area contributed by atoms with Gasteiger partial charge in [0.05, 0.1) is 6.54 Å². The number of nitrogens with zero attached hydrogens (tertiary/aromatic N) is 2.